The van der Waals surface area contributed by atoms with E-state index in [0.29, 0.717) is 0 Å². The number of aliphatic imine (C=N–C) groups is 2. The van der Waals surface area contributed by atoms with Crippen molar-refractivity contribution in [1.82, 2.24) is 5.32 Å². The van der Waals surface area contributed by atoms with Crippen LogP contribution in [0.15, 0.2) is 58.5 Å². The Morgan fingerprint density at radius 1 is 1.00 bits per heavy atom. The van der Waals surface area contributed by atoms with E-state index >= 15 is 0 Å². The molecule has 0 bridgehead atoms. The average Bonchev–Trinajstić information content (AvgIpc) is 3.04. The molecule has 1 aliphatic rings. The molecule has 0 amide bonds. The Morgan fingerprint density at radius 2 is 1.60 bits per heavy atom. The van der Waals surface area contributed by atoms with Crippen LogP contribution in [0.1, 0.15) is 11.1 Å². The number of nitrogens with one attached hydrogen (secondary N) is 2. The number of rotatable bonds is 4. The van der Waals surface area contributed by atoms with Gasteiger partial charge in [0.2, 0.25) is 0 Å². The van der Waals surface area contributed by atoms with E-state index in [1.54, 1.807) is 0 Å². The molecule has 0 spiro atoms. The minimum absolute atomic E-state index is 0. The van der Waals surface area contributed by atoms with Gasteiger partial charge in [0.25, 0.3) is 0 Å². The molecule has 2 aromatic carbocycles. The highest BCUT2D eigenvalue weighted by atomic mass is 35.5. The zero-order valence-electron chi connectivity index (χ0n) is 13.6. The van der Waals surface area contributed by atoms with Crippen molar-refractivity contribution in [1.29, 1.82) is 0 Å². The first kappa shape index (κ1) is 20.6. The van der Waals surface area contributed by atoms with Crippen LogP contribution in [-0.4, -0.2) is 25.0 Å². The number of benzene rings is 2. The second-order valence-electron chi connectivity index (χ2n) is 5.36. The largest absolute Gasteiger partial charge is 0.370 e. The lowest BCUT2D eigenvalue weighted by Crippen LogP contribution is -2.26. The highest BCUT2D eigenvalue weighted by Crippen LogP contribution is 2.17. The molecule has 0 aliphatic carbocycles. The van der Waals surface area contributed by atoms with Crippen molar-refractivity contribution in [2.45, 2.75) is 6.42 Å². The molecule has 25 heavy (non-hydrogen) atoms. The van der Waals surface area contributed by atoms with Gasteiger partial charge in [0.1, 0.15) is 0 Å². The Hall–Kier alpha value is -2.44. The normalized spacial score (nSPS) is 12.1. The third-order valence-corrected chi connectivity index (χ3v) is 3.49. The molecular weight excluding hydrogens is 359 g/mol. The predicted molar refractivity (Wildman–Crippen MR) is 110 cm³/mol. The molecule has 0 fully saturated rings. The summed E-state index contributed by atoms with van der Waals surface area (Å²) >= 11 is 0. The number of nitrogens with two attached hydrogens (primary N) is 2. The van der Waals surface area contributed by atoms with E-state index in [-0.39, 0.29) is 30.8 Å². The number of hydrogen-bond acceptors (Lipinski definition) is 4. The topological polar surface area (TPSA) is 101 Å². The predicted octanol–water partition coefficient (Wildman–Crippen LogP) is 2.40. The first-order valence-electron chi connectivity index (χ1n) is 7.52. The van der Waals surface area contributed by atoms with Crippen molar-refractivity contribution < 1.29 is 0 Å². The quantitative estimate of drug-likeness (QED) is 0.483. The summed E-state index contributed by atoms with van der Waals surface area (Å²) in [5.41, 5.74) is 15.0. The lowest BCUT2D eigenvalue weighted by molar-refractivity contribution is 0.959. The number of anilines is 1. The number of halogens is 2. The Bertz CT molecular complexity index is 722. The second-order valence-corrected chi connectivity index (χ2v) is 5.36. The molecular formula is C17H22Cl2N6. The molecule has 134 valence electrons. The van der Waals surface area contributed by atoms with Gasteiger partial charge in [-0.1, -0.05) is 24.3 Å². The molecule has 0 saturated heterocycles. The van der Waals surface area contributed by atoms with Crippen LogP contribution in [0.3, 0.4) is 0 Å². The van der Waals surface area contributed by atoms with Gasteiger partial charge in [0.05, 0.1) is 12.2 Å². The Balaban J connectivity index is 0.00000156. The van der Waals surface area contributed by atoms with Crippen LogP contribution in [0.2, 0.25) is 0 Å². The Morgan fingerprint density at radius 3 is 2.12 bits per heavy atom. The van der Waals surface area contributed by atoms with Gasteiger partial charge in [-0.3, -0.25) is 4.99 Å². The molecule has 3 rings (SSSR count). The second kappa shape index (κ2) is 9.76. The van der Waals surface area contributed by atoms with E-state index in [1.165, 1.54) is 11.1 Å². The summed E-state index contributed by atoms with van der Waals surface area (Å²) in [5, 5.41) is 6.45. The van der Waals surface area contributed by atoms with Crippen molar-refractivity contribution >= 4 is 48.1 Å². The van der Waals surface area contributed by atoms with E-state index in [0.717, 1.165) is 36.8 Å². The van der Waals surface area contributed by atoms with Crippen molar-refractivity contribution in [3.05, 3.63) is 59.7 Å². The minimum Gasteiger partial charge on any atom is -0.370 e. The van der Waals surface area contributed by atoms with Gasteiger partial charge < -0.3 is 22.1 Å². The van der Waals surface area contributed by atoms with E-state index < -0.39 is 0 Å². The smallest absolute Gasteiger partial charge is 0.195 e. The van der Waals surface area contributed by atoms with Crippen LogP contribution in [0.25, 0.3) is 0 Å². The summed E-state index contributed by atoms with van der Waals surface area (Å²) in [6.45, 7) is 1.73. The van der Waals surface area contributed by atoms with Crippen LogP contribution in [0.5, 0.6) is 0 Å². The molecule has 0 unspecified atom stereocenters. The van der Waals surface area contributed by atoms with E-state index in [9.17, 15) is 0 Å². The molecule has 0 aromatic heterocycles. The fourth-order valence-corrected chi connectivity index (χ4v) is 2.40. The lowest BCUT2D eigenvalue weighted by atomic mass is 10.0. The van der Waals surface area contributed by atoms with Crippen molar-refractivity contribution in [2.75, 3.05) is 18.4 Å². The van der Waals surface area contributed by atoms with Crippen LogP contribution in [-0.2, 0) is 6.42 Å². The Kier molecular flexibility index (Phi) is 8.04. The SMILES string of the molecule is Cl.Cl.NC(N)=Nc1ccc(Cc2ccc(NC3=NCCN3)cc2)cc1. The fourth-order valence-electron chi connectivity index (χ4n) is 2.40. The zero-order valence-corrected chi connectivity index (χ0v) is 15.2. The van der Waals surface area contributed by atoms with Crippen LogP contribution in [0, 0.1) is 0 Å². The van der Waals surface area contributed by atoms with Crippen molar-refractivity contribution in [2.24, 2.45) is 21.5 Å². The van der Waals surface area contributed by atoms with Gasteiger partial charge in [0.15, 0.2) is 11.9 Å². The summed E-state index contributed by atoms with van der Waals surface area (Å²) in [7, 11) is 0. The monoisotopic (exact) mass is 380 g/mol. The summed E-state index contributed by atoms with van der Waals surface area (Å²) in [6, 6.07) is 16.2. The van der Waals surface area contributed by atoms with Crippen LogP contribution in [0.4, 0.5) is 11.4 Å². The summed E-state index contributed by atoms with van der Waals surface area (Å²) in [5.74, 6) is 0.912. The maximum atomic E-state index is 5.37. The third-order valence-electron chi connectivity index (χ3n) is 3.49. The molecule has 1 heterocycles. The lowest BCUT2D eigenvalue weighted by Gasteiger charge is -2.08. The van der Waals surface area contributed by atoms with Gasteiger partial charge in [-0.2, -0.15) is 0 Å². The fraction of sp³-hybridized carbons (Fsp3) is 0.176. The van der Waals surface area contributed by atoms with E-state index in [4.69, 9.17) is 11.5 Å². The molecule has 1 aliphatic heterocycles. The molecule has 8 heteroatoms. The number of guanidine groups is 2. The Labute approximate surface area is 159 Å². The summed E-state index contributed by atoms with van der Waals surface area (Å²) < 4.78 is 0. The third kappa shape index (κ3) is 6.17. The molecule has 2 aromatic rings. The van der Waals surface area contributed by atoms with Crippen LogP contribution >= 0.6 is 24.8 Å². The maximum absolute atomic E-state index is 5.37. The average molecular weight is 381 g/mol. The maximum Gasteiger partial charge on any atom is 0.195 e. The number of nitrogens with zero attached hydrogens (tertiary/aromatic N) is 2. The number of hydrogen-bond donors (Lipinski definition) is 4. The van der Waals surface area contributed by atoms with Gasteiger partial charge in [0, 0.05) is 12.2 Å². The first-order valence-corrected chi connectivity index (χ1v) is 7.52. The summed E-state index contributed by atoms with van der Waals surface area (Å²) in [6.07, 6.45) is 0.863. The molecule has 6 N–H and O–H groups in total. The molecule has 0 atom stereocenters. The van der Waals surface area contributed by atoms with E-state index in [2.05, 4.69) is 44.9 Å². The molecule has 0 saturated carbocycles. The molecule has 6 nitrogen and oxygen atoms in total. The molecule has 0 radical (unpaired) electrons. The van der Waals surface area contributed by atoms with E-state index in [1.807, 2.05) is 24.3 Å². The minimum atomic E-state index is 0. The first-order chi connectivity index (χ1) is 11.2. The van der Waals surface area contributed by atoms with Crippen LogP contribution < -0.4 is 22.1 Å². The van der Waals surface area contributed by atoms with Gasteiger partial charge >= 0.3 is 0 Å². The highest BCUT2D eigenvalue weighted by molar-refractivity contribution is 5.94. The van der Waals surface area contributed by atoms with Gasteiger partial charge in [-0.25, -0.2) is 4.99 Å². The van der Waals surface area contributed by atoms with Crippen molar-refractivity contribution in [3.8, 4) is 0 Å². The van der Waals surface area contributed by atoms with Gasteiger partial charge in [-0.15, -0.1) is 24.8 Å². The van der Waals surface area contributed by atoms with Crippen molar-refractivity contribution in [3.63, 3.8) is 0 Å². The summed E-state index contributed by atoms with van der Waals surface area (Å²) in [4.78, 5) is 8.33. The zero-order chi connectivity index (χ0) is 16.1. The standard InChI is InChI=1S/C17H20N6.2ClH/c18-16(19)22-14-5-1-12(2-6-14)11-13-3-7-15(8-4-13)23-17-20-9-10-21-17;;/h1-8H,9-11H2,(H4,18,19,22)(H2,20,21,23);2*1H. The van der Waals surface area contributed by atoms with Gasteiger partial charge in [-0.05, 0) is 41.8 Å². The highest BCUT2D eigenvalue weighted by Gasteiger charge is 2.04.